The van der Waals surface area contributed by atoms with Crippen LogP contribution in [0.1, 0.15) is 26.7 Å². The van der Waals surface area contributed by atoms with Crippen LogP contribution in [0.5, 0.6) is 0 Å². The number of amides is 1. The number of rotatable bonds is 7. The first-order valence-electron chi connectivity index (χ1n) is 7.90. The number of ether oxygens (including phenoxy) is 1. The highest BCUT2D eigenvalue weighted by atomic mass is 16.5. The Hall–Kier alpha value is -2.70. The van der Waals surface area contributed by atoms with E-state index in [1.807, 2.05) is 13.8 Å². The van der Waals surface area contributed by atoms with E-state index in [0.29, 0.717) is 10.9 Å². The number of hydrogen-bond acceptors (Lipinski definition) is 5. The predicted octanol–water partition coefficient (Wildman–Crippen LogP) is 1.24. The Morgan fingerprint density at radius 3 is 2.83 bits per heavy atom. The Labute approximate surface area is 139 Å². The van der Waals surface area contributed by atoms with Crippen LogP contribution < -0.4 is 10.9 Å². The lowest BCUT2D eigenvalue weighted by molar-refractivity contribution is -0.149. The third-order valence-corrected chi connectivity index (χ3v) is 3.52. The number of hydrogen-bond donors (Lipinski definition) is 1. The summed E-state index contributed by atoms with van der Waals surface area (Å²) in [5.74, 6) is -1.01. The first kappa shape index (κ1) is 17.7. The summed E-state index contributed by atoms with van der Waals surface area (Å²) >= 11 is 0. The fourth-order valence-electron chi connectivity index (χ4n) is 2.37. The van der Waals surface area contributed by atoms with Crippen molar-refractivity contribution in [3.05, 3.63) is 40.9 Å². The van der Waals surface area contributed by atoms with E-state index < -0.39 is 5.97 Å². The van der Waals surface area contributed by atoms with E-state index in [-0.39, 0.29) is 30.7 Å². The van der Waals surface area contributed by atoms with Gasteiger partial charge in [0.2, 0.25) is 0 Å². The van der Waals surface area contributed by atoms with E-state index in [1.165, 1.54) is 10.9 Å². The molecule has 1 aromatic carbocycles. The van der Waals surface area contributed by atoms with Gasteiger partial charge in [-0.3, -0.25) is 19.0 Å². The highest BCUT2D eigenvalue weighted by molar-refractivity contribution is 5.81. The Kier molecular flexibility index (Phi) is 6.06. The maximum Gasteiger partial charge on any atom is 0.326 e. The third-order valence-electron chi connectivity index (χ3n) is 3.52. The quantitative estimate of drug-likeness (QED) is 0.771. The molecule has 0 unspecified atom stereocenters. The molecular weight excluding hydrogens is 310 g/mol. The molecule has 0 aliphatic rings. The number of fused-ring (bicyclic) bond motifs is 1. The average molecular weight is 331 g/mol. The van der Waals surface area contributed by atoms with Crippen molar-refractivity contribution in [1.82, 2.24) is 14.9 Å². The van der Waals surface area contributed by atoms with Crippen LogP contribution in [-0.2, 0) is 20.9 Å². The van der Waals surface area contributed by atoms with Crippen LogP contribution in [0.25, 0.3) is 10.9 Å². The maximum atomic E-state index is 12.3. The van der Waals surface area contributed by atoms with Gasteiger partial charge in [0, 0.05) is 6.04 Å². The molecule has 7 nitrogen and oxygen atoms in total. The molecule has 1 heterocycles. The second-order valence-corrected chi connectivity index (χ2v) is 5.61. The van der Waals surface area contributed by atoms with E-state index in [9.17, 15) is 14.4 Å². The van der Waals surface area contributed by atoms with Crippen LogP contribution in [-0.4, -0.2) is 34.1 Å². The van der Waals surface area contributed by atoms with Gasteiger partial charge in [-0.2, -0.15) is 0 Å². The van der Waals surface area contributed by atoms with E-state index in [4.69, 9.17) is 4.74 Å². The van der Waals surface area contributed by atoms with E-state index >= 15 is 0 Å². The van der Waals surface area contributed by atoms with Crippen molar-refractivity contribution in [3.63, 3.8) is 0 Å². The van der Waals surface area contributed by atoms with Crippen LogP contribution in [0.15, 0.2) is 35.4 Å². The molecule has 0 fully saturated rings. The lowest BCUT2D eigenvalue weighted by Gasteiger charge is -2.13. The number of carbonyl (C=O) groups is 2. The molecule has 0 radical (unpaired) electrons. The van der Waals surface area contributed by atoms with Gasteiger partial charge in [0.25, 0.3) is 11.5 Å². The van der Waals surface area contributed by atoms with Crippen molar-refractivity contribution in [3.8, 4) is 0 Å². The molecule has 0 saturated heterocycles. The molecule has 0 bridgehead atoms. The SMILES string of the molecule is CCC[C@H](C)NC(=O)COC(=O)Cn1cnc2ccccc2c1=O. The smallest absolute Gasteiger partial charge is 0.326 e. The van der Waals surface area contributed by atoms with Crippen LogP contribution in [0, 0.1) is 0 Å². The molecular formula is C17H21N3O4. The monoisotopic (exact) mass is 331 g/mol. The van der Waals surface area contributed by atoms with Crippen molar-refractivity contribution in [2.75, 3.05) is 6.61 Å². The molecule has 0 aliphatic heterocycles. The zero-order valence-electron chi connectivity index (χ0n) is 13.8. The number of nitrogens with zero attached hydrogens (tertiary/aromatic N) is 2. The van der Waals surface area contributed by atoms with Gasteiger partial charge in [0.15, 0.2) is 6.61 Å². The van der Waals surface area contributed by atoms with Crippen LogP contribution in [0.2, 0.25) is 0 Å². The first-order valence-corrected chi connectivity index (χ1v) is 7.90. The summed E-state index contributed by atoms with van der Waals surface area (Å²) in [7, 11) is 0. The Morgan fingerprint density at radius 1 is 1.33 bits per heavy atom. The average Bonchev–Trinajstić information content (AvgIpc) is 2.56. The van der Waals surface area contributed by atoms with E-state index in [0.717, 1.165) is 12.8 Å². The topological polar surface area (TPSA) is 90.3 Å². The van der Waals surface area contributed by atoms with Crippen LogP contribution in [0.4, 0.5) is 0 Å². The summed E-state index contributed by atoms with van der Waals surface area (Å²) in [5, 5.41) is 3.17. The van der Waals surface area contributed by atoms with Gasteiger partial charge in [-0.15, -0.1) is 0 Å². The molecule has 0 aliphatic carbocycles. The van der Waals surface area contributed by atoms with E-state index in [1.54, 1.807) is 24.3 Å². The van der Waals surface area contributed by atoms with Gasteiger partial charge in [-0.05, 0) is 25.5 Å². The summed E-state index contributed by atoms with van der Waals surface area (Å²) in [6, 6.07) is 6.92. The van der Waals surface area contributed by atoms with Crippen molar-refractivity contribution in [1.29, 1.82) is 0 Å². The van der Waals surface area contributed by atoms with Crippen LogP contribution >= 0.6 is 0 Å². The zero-order valence-corrected chi connectivity index (χ0v) is 13.8. The Bertz CT molecular complexity index is 785. The second kappa shape index (κ2) is 8.24. The molecule has 1 aromatic heterocycles. The normalized spacial score (nSPS) is 11.9. The fourth-order valence-corrected chi connectivity index (χ4v) is 2.37. The Morgan fingerprint density at radius 2 is 2.08 bits per heavy atom. The summed E-state index contributed by atoms with van der Waals surface area (Å²) in [5.41, 5.74) is 0.245. The van der Waals surface area contributed by atoms with Gasteiger partial charge in [-0.25, -0.2) is 4.98 Å². The molecule has 24 heavy (non-hydrogen) atoms. The molecule has 2 rings (SSSR count). The van der Waals surface area contributed by atoms with Crippen molar-refractivity contribution < 1.29 is 14.3 Å². The highest BCUT2D eigenvalue weighted by Crippen LogP contribution is 2.04. The number of nitrogens with one attached hydrogen (secondary N) is 1. The van der Waals surface area contributed by atoms with Gasteiger partial charge in [0.05, 0.1) is 17.2 Å². The summed E-state index contributed by atoms with van der Waals surface area (Å²) in [4.78, 5) is 39.9. The van der Waals surface area contributed by atoms with Gasteiger partial charge in [-0.1, -0.05) is 25.5 Å². The minimum Gasteiger partial charge on any atom is -0.454 e. The zero-order chi connectivity index (χ0) is 17.5. The lowest BCUT2D eigenvalue weighted by atomic mass is 10.2. The largest absolute Gasteiger partial charge is 0.454 e. The molecule has 1 atom stereocenters. The Balaban J connectivity index is 1.92. The number of esters is 1. The second-order valence-electron chi connectivity index (χ2n) is 5.61. The highest BCUT2D eigenvalue weighted by Gasteiger charge is 2.12. The molecule has 2 aromatic rings. The number of carbonyl (C=O) groups excluding carboxylic acids is 2. The van der Waals surface area contributed by atoms with Crippen molar-refractivity contribution in [2.24, 2.45) is 0 Å². The molecule has 1 N–H and O–H groups in total. The van der Waals surface area contributed by atoms with E-state index in [2.05, 4.69) is 10.3 Å². The minimum absolute atomic E-state index is 0.0357. The van der Waals surface area contributed by atoms with Crippen molar-refractivity contribution >= 4 is 22.8 Å². The van der Waals surface area contributed by atoms with Crippen LogP contribution in [0.3, 0.4) is 0 Å². The first-order chi connectivity index (χ1) is 11.5. The standard InChI is InChI=1S/C17H21N3O4/c1-3-6-12(2)19-15(21)10-24-16(22)9-20-11-18-14-8-5-4-7-13(14)17(20)23/h4-5,7-8,11-12H,3,6,9-10H2,1-2H3,(H,19,21)/t12-/m0/s1. The molecule has 0 saturated carbocycles. The molecule has 1 amide bonds. The predicted molar refractivity (Wildman–Crippen MR) is 89.5 cm³/mol. The summed E-state index contributed by atoms with van der Waals surface area (Å²) in [6.07, 6.45) is 3.12. The molecule has 0 spiro atoms. The van der Waals surface area contributed by atoms with Gasteiger partial charge in [0.1, 0.15) is 6.54 Å². The fraction of sp³-hybridized carbons (Fsp3) is 0.412. The molecule has 7 heteroatoms. The minimum atomic E-state index is -0.660. The van der Waals surface area contributed by atoms with Gasteiger partial charge >= 0.3 is 5.97 Å². The number of benzene rings is 1. The van der Waals surface area contributed by atoms with Crippen molar-refractivity contribution in [2.45, 2.75) is 39.3 Å². The maximum absolute atomic E-state index is 12.3. The summed E-state index contributed by atoms with van der Waals surface area (Å²) < 4.78 is 6.08. The summed E-state index contributed by atoms with van der Waals surface area (Å²) in [6.45, 7) is 3.28. The number of para-hydroxylation sites is 1. The van der Waals surface area contributed by atoms with Gasteiger partial charge < -0.3 is 10.1 Å². The molecule has 128 valence electrons. The lowest BCUT2D eigenvalue weighted by Crippen LogP contribution is -2.36. The number of aromatic nitrogens is 2. The third kappa shape index (κ3) is 4.65.